The molecule has 1 heterocycles. The van der Waals surface area contributed by atoms with E-state index in [0.29, 0.717) is 17.9 Å². The lowest BCUT2D eigenvalue weighted by Gasteiger charge is -2.38. The minimum Gasteiger partial charge on any atom is -0.353 e. The summed E-state index contributed by atoms with van der Waals surface area (Å²) in [4.78, 5) is 12.4. The van der Waals surface area contributed by atoms with Gasteiger partial charge in [0.1, 0.15) is 0 Å². The maximum atomic E-state index is 12.4. The molecular formula is C16H30N2O. The van der Waals surface area contributed by atoms with Crippen LogP contribution >= 0.6 is 0 Å². The molecule has 4 unspecified atom stereocenters. The first-order chi connectivity index (χ1) is 9.08. The van der Waals surface area contributed by atoms with Crippen LogP contribution in [0.5, 0.6) is 0 Å². The molecule has 0 aromatic carbocycles. The Morgan fingerprint density at radius 1 is 1.26 bits per heavy atom. The largest absolute Gasteiger partial charge is 0.353 e. The molecule has 1 saturated carbocycles. The standard InChI is InChI=1S/C16H30N2O/c1-11(2)14-7-6-12(3)9-15(14)18-16(19)13-5-4-8-17-10-13/h11-15,17H,4-10H2,1-3H3,(H,18,19). The summed E-state index contributed by atoms with van der Waals surface area (Å²) >= 11 is 0. The van der Waals surface area contributed by atoms with E-state index < -0.39 is 0 Å². The number of carbonyl (C=O) groups excluding carboxylic acids is 1. The summed E-state index contributed by atoms with van der Waals surface area (Å²) in [7, 11) is 0. The van der Waals surface area contributed by atoms with E-state index in [4.69, 9.17) is 0 Å². The Hall–Kier alpha value is -0.570. The second kappa shape index (κ2) is 6.74. The van der Waals surface area contributed by atoms with Gasteiger partial charge in [-0.2, -0.15) is 0 Å². The van der Waals surface area contributed by atoms with Gasteiger partial charge < -0.3 is 10.6 Å². The van der Waals surface area contributed by atoms with Gasteiger partial charge in [-0.05, 0) is 50.0 Å². The summed E-state index contributed by atoms with van der Waals surface area (Å²) < 4.78 is 0. The van der Waals surface area contributed by atoms with Crippen LogP contribution in [0.3, 0.4) is 0 Å². The maximum Gasteiger partial charge on any atom is 0.224 e. The average Bonchev–Trinajstić information content (AvgIpc) is 2.39. The summed E-state index contributed by atoms with van der Waals surface area (Å²) in [6.07, 6.45) is 5.93. The van der Waals surface area contributed by atoms with Gasteiger partial charge in [-0.15, -0.1) is 0 Å². The molecule has 3 nitrogen and oxygen atoms in total. The van der Waals surface area contributed by atoms with Crippen LogP contribution in [0.25, 0.3) is 0 Å². The number of piperidine rings is 1. The summed E-state index contributed by atoms with van der Waals surface area (Å²) in [5.74, 6) is 2.57. The molecule has 0 aromatic rings. The lowest BCUT2D eigenvalue weighted by atomic mass is 9.74. The van der Waals surface area contributed by atoms with Crippen LogP contribution in [-0.4, -0.2) is 25.0 Å². The highest BCUT2D eigenvalue weighted by Gasteiger charge is 2.33. The van der Waals surface area contributed by atoms with Crippen LogP contribution in [0.15, 0.2) is 0 Å². The molecule has 4 atom stereocenters. The number of hydrogen-bond acceptors (Lipinski definition) is 2. The Balaban J connectivity index is 1.92. The van der Waals surface area contributed by atoms with E-state index in [1.165, 1.54) is 12.8 Å². The van der Waals surface area contributed by atoms with E-state index in [-0.39, 0.29) is 11.8 Å². The number of amides is 1. The van der Waals surface area contributed by atoms with Crippen LogP contribution in [-0.2, 0) is 4.79 Å². The molecule has 3 heteroatoms. The van der Waals surface area contributed by atoms with E-state index in [0.717, 1.165) is 38.3 Å². The van der Waals surface area contributed by atoms with Crippen molar-refractivity contribution in [1.29, 1.82) is 0 Å². The fraction of sp³-hybridized carbons (Fsp3) is 0.938. The first-order valence-electron chi connectivity index (χ1n) is 8.09. The minimum atomic E-state index is 0.193. The van der Waals surface area contributed by atoms with Crippen molar-refractivity contribution in [3.8, 4) is 0 Å². The topological polar surface area (TPSA) is 41.1 Å². The Morgan fingerprint density at radius 3 is 2.68 bits per heavy atom. The Kier molecular flexibility index (Phi) is 5.26. The molecule has 19 heavy (non-hydrogen) atoms. The molecule has 2 rings (SSSR count). The third kappa shape index (κ3) is 3.95. The minimum absolute atomic E-state index is 0.193. The van der Waals surface area contributed by atoms with Gasteiger partial charge in [0.05, 0.1) is 5.92 Å². The number of hydrogen-bond donors (Lipinski definition) is 2. The molecule has 110 valence electrons. The molecular weight excluding hydrogens is 236 g/mol. The first-order valence-corrected chi connectivity index (χ1v) is 8.09. The molecule has 1 amide bonds. The van der Waals surface area contributed by atoms with Crippen molar-refractivity contribution in [2.45, 2.75) is 58.9 Å². The van der Waals surface area contributed by atoms with Crippen LogP contribution in [0.1, 0.15) is 52.9 Å². The summed E-state index contributed by atoms with van der Waals surface area (Å²) in [6, 6.07) is 0.401. The van der Waals surface area contributed by atoms with E-state index in [9.17, 15) is 4.79 Å². The van der Waals surface area contributed by atoms with E-state index in [1.54, 1.807) is 0 Å². The monoisotopic (exact) mass is 266 g/mol. The van der Waals surface area contributed by atoms with Gasteiger partial charge in [0.25, 0.3) is 0 Å². The van der Waals surface area contributed by atoms with Gasteiger partial charge in [-0.1, -0.05) is 27.2 Å². The fourth-order valence-corrected chi connectivity index (χ4v) is 3.74. The Bertz CT molecular complexity index is 297. The van der Waals surface area contributed by atoms with Gasteiger partial charge in [-0.3, -0.25) is 4.79 Å². The number of rotatable bonds is 3. The zero-order valence-corrected chi connectivity index (χ0v) is 12.7. The predicted molar refractivity (Wildman–Crippen MR) is 78.9 cm³/mol. The van der Waals surface area contributed by atoms with E-state index >= 15 is 0 Å². The zero-order chi connectivity index (χ0) is 13.8. The highest BCUT2D eigenvalue weighted by atomic mass is 16.2. The van der Waals surface area contributed by atoms with Crippen LogP contribution in [0, 0.1) is 23.7 Å². The molecule has 0 spiro atoms. The SMILES string of the molecule is CC1CCC(C(C)C)C(NC(=O)C2CCCNC2)C1. The van der Waals surface area contributed by atoms with Gasteiger partial charge in [-0.25, -0.2) is 0 Å². The Morgan fingerprint density at radius 2 is 2.05 bits per heavy atom. The second-order valence-electron chi connectivity index (χ2n) is 6.98. The molecule has 2 N–H and O–H groups in total. The fourth-order valence-electron chi connectivity index (χ4n) is 3.74. The van der Waals surface area contributed by atoms with Gasteiger partial charge in [0.2, 0.25) is 5.91 Å². The molecule has 1 aliphatic heterocycles. The van der Waals surface area contributed by atoms with Crippen molar-refractivity contribution >= 4 is 5.91 Å². The van der Waals surface area contributed by atoms with Gasteiger partial charge in [0.15, 0.2) is 0 Å². The molecule has 0 radical (unpaired) electrons. The van der Waals surface area contributed by atoms with Gasteiger partial charge in [0, 0.05) is 12.6 Å². The molecule has 0 aromatic heterocycles. The third-order valence-corrected chi connectivity index (χ3v) is 5.02. The van der Waals surface area contributed by atoms with Crippen LogP contribution in [0.2, 0.25) is 0 Å². The van der Waals surface area contributed by atoms with Crippen LogP contribution < -0.4 is 10.6 Å². The average molecular weight is 266 g/mol. The smallest absolute Gasteiger partial charge is 0.224 e. The first kappa shape index (κ1) is 14.8. The lowest BCUT2D eigenvalue weighted by molar-refractivity contribution is -0.127. The number of carbonyl (C=O) groups is 1. The van der Waals surface area contributed by atoms with Crippen LogP contribution in [0.4, 0.5) is 0 Å². The van der Waals surface area contributed by atoms with E-state index in [1.807, 2.05) is 0 Å². The lowest BCUT2D eigenvalue weighted by Crippen LogP contribution is -2.49. The number of nitrogens with one attached hydrogen (secondary N) is 2. The summed E-state index contributed by atoms with van der Waals surface area (Å²) in [6.45, 7) is 8.83. The van der Waals surface area contributed by atoms with Crippen molar-refractivity contribution in [2.24, 2.45) is 23.7 Å². The van der Waals surface area contributed by atoms with Crippen molar-refractivity contribution in [3.63, 3.8) is 0 Å². The Labute approximate surface area is 117 Å². The maximum absolute atomic E-state index is 12.4. The van der Waals surface area contributed by atoms with Gasteiger partial charge >= 0.3 is 0 Å². The molecule has 2 aliphatic rings. The molecule has 1 aliphatic carbocycles. The predicted octanol–water partition coefficient (Wildman–Crippen LogP) is 2.56. The second-order valence-corrected chi connectivity index (χ2v) is 6.98. The summed E-state index contributed by atoms with van der Waals surface area (Å²) in [5, 5.41) is 6.71. The third-order valence-electron chi connectivity index (χ3n) is 5.02. The van der Waals surface area contributed by atoms with Crippen molar-refractivity contribution in [2.75, 3.05) is 13.1 Å². The normalized spacial score (nSPS) is 36.2. The quantitative estimate of drug-likeness (QED) is 0.824. The highest BCUT2D eigenvalue weighted by molar-refractivity contribution is 5.79. The summed E-state index contributed by atoms with van der Waals surface area (Å²) in [5.41, 5.74) is 0. The highest BCUT2D eigenvalue weighted by Crippen LogP contribution is 2.33. The molecule has 0 bridgehead atoms. The molecule has 2 fully saturated rings. The van der Waals surface area contributed by atoms with Crippen molar-refractivity contribution in [1.82, 2.24) is 10.6 Å². The van der Waals surface area contributed by atoms with E-state index in [2.05, 4.69) is 31.4 Å². The van der Waals surface area contributed by atoms with Crippen molar-refractivity contribution < 1.29 is 4.79 Å². The molecule has 1 saturated heterocycles. The zero-order valence-electron chi connectivity index (χ0n) is 12.7. The van der Waals surface area contributed by atoms with Crippen molar-refractivity contribution in [3.05, 3.63) is 0 Å².